The molecule has 268 valence electrons. The topological polar surface area (TPSA) is 97.8 Å². The van der Waals surface area contributed by atoms with E-state index in [1.807, 2.05) is 29.2 Å². The molecule has 2 bridgehead atoms. The predicted octanol–water partition coefficient (Wildman–Crippen LogP) is 8.88. The Morgan fingerprint density at radius 1 is 0.774 bits per heavy atom. The summed E-state index contributed by atoms with van der Waals surface area (Å²) in [7, 11) is 2.22. The first kappa shape index (κ1) is 35.1. The van der Waals surface area contributed by atoms with Crippen LogP contribution in [0, 0.1) is 11.1 Å². The maximum atomic E-state index is 10.8. The van der Waals surface area contributed by atoms with Crippen molar-refractivity contribution in [1.29, 1.82) is 11.1 Å². The number of halogens is 1. The predicted molar refractivity (Wildman–Crippen MR) is 218 cm³/mol. The SMILES string of the molecule is CN1CCN(c2ccc3c(c2)cc(Br)c2c4c(ccc23)CC(c2ccc3ccccc3c2N2CCOCC2)CC4)CC1.N=[N+]=N.O=C1C2=CC=C1C=C2. The fraction of sp³-hybridized carbons (Fsp3) is 0.295. The molecule has 1 atom stereocenters. The molecule has 0 aromatic heterocycles. The molecule has 8 nitrogen and oxygen atoms in total. The number of likely N-dealkylation sites (N-methyl/N-ethyl adjacent to an activating group) is 1. The molecular weight excluding hydrogens is 724 g/mol. The van der Waals surface area contributed by atoms with Gasteiger partial charge >= 0.3 is 0 Å². The van der Waals surface area contributed by atoms with Crippen LogP contribution in [0.25, 0.3) is 32.3 Å². The third-order valence-electron chi connectivity index (χ3n) is 11.4. The number of nitrogens with zero attached hydrogens (tertiary/aromatic N) is 4. The minimum Gasteiger partial charge on any atom is -0.378 e. The second-order valence-electron chi connectivity index (χ2n) is 14.5. The zero-order chi connectivity index (χ0) is 36.5. The fourth-order valence-corrected chi connectivity index (χ4v) is 9.38. The normalized spacial score (nSPS) is 19.3. The molecular formula is C44H44BrN6O2+. The Hall–Kier alpha value is -4.92. The van der Waals surface area contributed by atoms with Crippen molar-refractivity contribution in [2.75, 3.05) is 69.3 Å². The van der Waals surface area contributed by atoms with Gasteiger partial charge in [0.2, 0.25) is 4.91 Å². The van der Waals surface area contributed by atoms with Crippen molar-refractivity contribution in [3.05, 3.63) is 129 Å². The highest BCUT2D eigenvalue weighted by Gasteiger charge is 2.28. The van der Waals surface area contributed by atoms with E-state index in [0.29, 0.717) is 5.92 Å². The van der Waals surface area contributed by atoms with Gasteiger partial charge in [-0.05, 0) is 94.0 Å². The molecule has 2 fully saturated rings. The van der Waals surface area contributed by atoms with Gasteiger partial charge in [0.1, 0.15) is 11.1 Å². The van der Waals surface area contributed by atoms with Crippen LogP contribution in [0.15, 0.2) is 113 Å². The number of allylic oxidation sites excluding steroid dienone is 6. The number of aryl methyl sites for hydroxylation is 1. The van der Waals surface area contributed by atoms with Gasteiger partial charge in [-0.15, -0.1) is 0 Å². The maximum absolute atomic E-state index is 10.8. The molecule has 2 saturated heterocycles. The second-order valence-corrected chi connectivity index (χ2v) is 15.3. The monoisotopic (exact) mass is 767 g/mol. The van der Waals surface area contributed by atoms with Crippen molar-refractivity contribution in [3.8, 4) is 0 Å². The van der Waals surface area contributed by atoms with Crippen LogP contribution in [-0.4, -0.2) is 70.2 Å². The number of hydrogen-bond donors (Lipinski definition) is 2. The molecule has 53 heavy (non-hydrogen) atoms. The van der Waals surface area contributed by atoms with Gasteiger partial charge in [-0.1, -0.05) is 94.8 Å². The van der Waals surface area contributed by atoms with Crippen molar-refractivity contribution >= 4 is 65.4 Å². The van der Waals surface area contributed by atoms with E-state index in [2.05, 4.69) is 110 Å². The molecule has 2 heterocycles. The minimum atomic E-state index is 0.185. The molecule has 5 aromatic rings. The van der Waals surface area contributed by atoms with Crippen LogP contribution in [-0.2, 0) is 22.4 Å². The van der Waals surface area contributed by atoms with E-state index in [0.717, 1.165) is 76.5 Å². The summed E-state index contributed by atoms with van der Waals surface area (Å²) in [5, 5.41) is 8.19. The molecule has 0 radical (unpaired) electrons. The van der Waals surface area contributed by atoms with E-state index in [1.54, 1.807) is 0 Å². The van der Waals surface area contributed by atoms with E-state index in [-0.39, 0.29) is 5.78 Å². The lowest BCUT2D eigenvalue weighted by Crippen LogP contribution is -2.44. The Bertz CT molecular complexity index is 2340. The van der Waals surface area contributed by atoms with Gasteiger partial charge in [-0.2, -0.15) is 0 Å². The Kier molecular flexibility index (Phi) is 10.1. The van der Waals surface area contributed by atoms with E-state index in [4.69, 9.17) is 15.8 Å². The van der Waals surface area contributed by atoms with E-state index in [9.17, 15) is 4.79 Å². The van der Waals surface area contributed by atoms with Gasteiger partial charge in [0.15, 0.2) is 5.78 Å². The number of carbonyl (C=O) groups is 1. The van der Waals surface area contributed by atoms with Gasteiger partial charge in [0, 0.05) is 71.6 Å². The van der Waals surface area contributed by atoms with Crippen LogP contribution >= 0.6 is 15.9 Å². The average molecular weight is 769 g/mol. The Morgan fingerprint density at radius 3 is 2.19 bits per heavy atom. The standard InChI is InChI=1S/C37H38BrN3O.C7H4O.H2N3/c1-39-14-16-40(17-15-39)29-9-13-30-28(23-29)24-35(38)36-31-10-7-27(22-26(31)8-12-34(30)36)33-11-6-25-4-2-3-5-32(25)37(33)41-18-20-42-21-19-41;8-7-5-1-2-6(7)4-3-5;1-3-2/h2-6,8-9,11-13,23-24,27H,7,10,14-22H2,1H3;1-4H;1-2H/q;;+1. The lowest BCUT2D eigenvalue weighted by atomic mass is 9.77. The number of carbonyl (C=O) groups excluding carboxylic acids is 1. The summed E-state index contributed by atoms with van der Waals surface area (Å²) in [6.07, 6.45) is 10.8. The molecule has 3 aliphatic carbocycles. The molecule has 2 aliphatic heterocycles. The van der Waals surface area contributed by atoms with Crippen LogP contribution in [0.1, 0.15) is 29.0 Å². The first-order chi connectivity index (χ1) is 25.9. The molecule has 0 amide bonds. The minimum absolute atomic E-state index is 0.185. The lowest BCUT2D eigenvalue weighted by Gasteiger charge is -2.35. The number of fused-ring (bicyclic) bond motifs is 8. The van der Waals surface area contributed by atoms with Crippen LogP contribution in [0.2, 0.25) is 0 Å². The second kappa shape index (κ2) is 15.2. The highest BCUT2D eigenvalue weighted by Crippen LogP contribution is 2.45. The lowest BCUT2D eigenvalue weighted by molar-refractivity contribution is -0.111. The van der Waals surface area contributed by atoms with Gasteiger partial charge in [-0.25, -0.2) is 0 Å². The quantitative estimate of drug-likeness (QED) is 0.109. The van der Waals surface area contributed by atoms with Gasteiger partial charge in [0.25, 0.3) is 0 Å². The first-order valence-electron chi connectivity index (χ1n) is 18.6. The number of anilines is 2. The summed E-state index contributed by atoms with van der Waals surface area (Å²) in [5.41, 5.74) is 20.0. The van der Waals surface area contributed by atoms with Crippen molar-refractivity contribution in [2.24, 2.45) is 0 Å². The molecule has 9 heteroatoms. The number of rotatable bonds is 3. The van der Waals surface area contributed by atoms with E-state index >= 15 is 0 Å². The van der Waals surface area contributed by atoms with Crippen LogP contribution < -0.4 is 14.7 Å². The third kappa shape index (κ3) is 6.86. The molecule has 5 aliphatic rings. The van der Waals surface area contributed by atoms with Gasteiger partial charge in [0.05, 0.1) is 13.2 Å². The zero-order valence-corrected chi connectivity index (χ0v) is 31.7. The van der Waals surface area contributed by atoms with Gasteiger partial charge in [-0.3, -0.25) is 4.79 Å². The zero-order valence-electron chi connectivity index (χ0n) is 30.1. The van der Waals surface area contributed by atoms with E-state index < -0.39 is 0 Å². The first-order valence-corrected chi connectivity index (χ1v) is 19.4. The van der Waals surface area contributed by atoms with E-state index in [1.165, 1.54) is 71.3 Å². The number of piperazine rings is 1. The average Bonchev–Trinajstić information content (AvgIpc) is 3.73. The number of ketones is 1. The molecule has 5 aromatic carbocycles. The number of benzene rings is 5. The molecule has 0 saturated carbocycles. The number of nitrogens with one attached hydrogen (secondary N) is 2. The van der Waals surface area contributed by atoms with Gasteiger partial charge < -0.3 is 19.4 Å². The molecule has 2 N–H and O–H groups in total. The van der Waals surface area contributed by atoms with Crippen LogP contribution in [0.3, 0.4) is 0 Å². The molecule has 0 spiro atoms. The molecule has 10 rings (SSSR count). The third-order valence-corrected chi connectivity index (χ3v) is 12.1. The molecule has 1 unspecified atom stereocenters. The Balaban J connectivity index is 0.000000313. The maximum Gasteiger partial charge on any atom is 0.211 e. The number of morpholine rings is 1. The number of hydrogen-bond acceptors (Lipinski definition) is 7. The fourth-order valence-electron chi connectivity index (χ4n) is 8.68. The summed E-state index contributed by atoms with van der Waals surface area (Å²) in [6, 6.07) is 27.9. The Labute approximate surface area is 318 Å². The van der Waals surface area contributed by atoms with Crippen molar-refractivity contribution in [2.45, 2.75) is 25.2 Å². The summed E-state index contributed by atoms with van der Waals surface area (Å²) in [4.78, 5) is 20.3. The highest BCUT2D eigenvalue weighted by molar-refractivity contribution is 9.10. The largest absolute Gasteiger partial charge is 0.378 e. The summed E-state index contributed by atoms with van der Waals surface area (Å²) in [6.45, 7) is 7.98. The summed E-state index contributed by atoms with van der Waals surface area (Å²) in [5.74, 6) is 0.702. The Morgan fingerprint density at radius 2 is 1.49 bits per heavy atom. The highest BCUT2D eigenvalue weighted by atomic mass is 79.9. The smallest absolute Gasteiger partial charge is 0.211 e. The number of Topliss-reactive ketones (excluding diaryl/α,β-unsaturated/α-hetero) is 1. The van der Waals surface area contributed by atoms with Crippen LogP contribution in [0.4, 0.5) is 11.4 Å². The van der Waals surface area contributed by atoms with Crippen molar-refractivity contribution in [3.63, 3.8) is 0 Å². The van der Waals surface area contributed by atoms with Crippen LogP contribution in [0.5, 0.6) is 0 Å². The summed E-state index contributed by atoms with van der Waals surface area (Å²) < 4.78 is 6.97. The van der Waals surface area contributed by atoms with Crippen molar-refractivity contribution < 1.29 is 9.53 Å². The van der Waals surface area contributed by atoms with Crippen molar-refractivity contribution in [1.82, 2.24) is 9.81 Å². The summed E-state index contributed by atoms with van der Waals surface area (Å²) >= 11 is 4.04. The number of ether oxygens (including phenoxy) is 1.